The van der Waals surface area contributed by atoms with Gasteiger partial charge in [0.25, 0.3) is 0 Å². The lowest BCUT2D eigenvalue weighted by atomic mass is 10.1. The van der Waals surface area contributed by atoms with Crippen molar-refractivity contribution in [1.82, 2.24) is 14.7 Å². The van der Waals surface area contributed by atoms with Gasteiger partial charge in [-0.05, 0) is 17.7 Å². The second-order valence-corrected chi connectivity index (χ2v) is 6.77. The molecular weight excluding hydrogens is 337 g/mol. The normalized spacial score (nSPS) is 18.8. The first-order valence-electron chi connectivity index (χ1n) is 9.22. The van der Waals surface area contributed by atoms with E-state index in [1.807, 2.05) is 4.90 Å². The molecule has 2 fully saturated rings. The van der Waals surface area contributed by atoms with Gasteiger partial charge in [0.05, 0.1) is 19.6 Å². The molecule has 0 bridgehead atoms. The number of piperazine rings is 1. The van der Waals surface area contributed by atoms with E-state index in [0.717, 1.165) is 38.4 Å². The summed E-state index contributed by atoms with van der Waals surface area (Å²) in [5, 5.41) is 0. The van der Waals surface area contributed by atoms with Crippen LogP contribution in [0, 0.1) is 5.82 Å². The lowest BCUT2D eigenvalue weighted by Gasteiger charge is -2.35. The van der Waals surface area contributed by atoms with Gasteiger partial charge in [-0.15, -0.1) is 0 Å². The van der Waals surface area contributed by atoms with Gasteiger partial charge in [-0.1, -0.05) is 12.1 Å². The SMILES string of the molecule is O=C(CCN1CCOCC1)N1CCN(C(=O)Cc2ccc(F)cc2)CC1. The molecule has 0 atom stereocenters. The summed E-state index contributed by atoms with van der Waals surface area (Å²) < 4.78 is 18.2. The molecule has 2 heterocycles. The number of morpholine rings is 1. The lowest BCUT2D eigenvalue weighted by Crippen LogP contribution is -2.51. The lowest BCUT2D eigenvalue weighted by molar-refractivity contribution is -0.139. The molecule has 6 nitrogen and oxygen atoms in total. The van der Waals surface area contributed by atoms with Crippen LogP contribution in [-0.2, 0) is 20.7 Å². The van der Waals surface area contributed by atoms with Gasteiger partial charge in [0.1, 0.15) is 5.82 Å². The summed E-state index contributed by atoms with van der Waals surface area (Å²) in [5.41, 5.74) is 0.806. The largest absolute Gasteiger partial charge is 0.379 e. The molecule has 0 aromatic heterocycles. The van der Waals surface area contributed by atoms with E-state index < -0.39 is 0 Å². The standard InChI is InChI=1S/C19H26FN3O3/c20-17-3-1-16(2-4-17)15-19(25)23-9-7-22(8-10-23)18(24)5-6-21-11-13-26-14-12-21/h1-4H,5-15H2. The zero-order valence-corrected chi connectivity index (χ0v) is 15.0. The van der Waals surface area contributed by atoms with Crippen LogP contribution >= 0.6 is 0 Å². The minimum atomic E-state index is -0.301. The monoisotopic (exact) mass is 363 g/mol. The summed E-state index contributed by atoms with van der Waals surface area (Å²) in [6.45, 7) is 6.30. The molecule has 2 saturated heterocycles. The quantitative estimate of drug-likeness (QED) is 0.775. The summed E-state index contributed by atoms with van der Waals surface area (Å²) in [7, 11) is 0. The van der Waals surface area contributed by atoms with Crippen LogP contribution in [0.1, 0.15) is 12.0 Å². The molecule has 2 aliphatic rings. The predicted molar refractivity (Wildman–Crippen MR) is 95.1 cm³/mol. The highest BCUT2D eigenvalue weighted by atomic mass is 19.1. The second kappa shape index (κ2) is 9.09. The van der Waals surface area contributed by atoms with Gasteiger partial charge in [0, 0.05) is 52.2 Å². The first kappa shape index (κ1) is 18.8. The van der Waals surface area contributed by atoms with Gasteiger partial charge in [0.2, 0.25) is 11.8 Å². The number of hydrogen-bond acceptors (Lipinski definition) is 4. The van der Waals surface area contributed by atoms with Crippen LogP contribution in [0.5, 0.6) is 0 Å². The molecule has 0 radical (unpaired) electrons. The third-order valence-electron chi connectivity index (χ3n) is 5.00. The molecule has 0 N–H and O–H groups in total. The van der Waals surface area contributed by atoms with Crippen LogP contribution < -0.4 is 0 Å². The first-order chi connectivity index (χ1) is 12.6. The zero-order chi connectivity index (χ0) is 18.4. The third-order valence-corrected chi connectivity index (χ3v) is 5.00. The van der Waals surface area contributed by atoms with Crippen molar-refractivity contribution in [2.24, 2.45) is 0 Å². The maximum atomic E-state index is 12.9. The Kier molecular flexibility index (Phi) is 6.57. The first-order valence-corrected chi connectivity index (χ1v) is 9.22. The Balaban J connectivity index is 1.39. The number of amides is 2. The average Bonchev–Trinajstić information content (AvgIpc) is 2.69. The zero-order valence-electron chi connectivity index (χ0n) is 15.0. The Morgan fingerprint density at radius 1 is 0.885 bits per heavy atom. The van der Waals surface area contributed by atoms with E-state index in [-0.39, 0.29) is 24.1 Å². The number of halogens is 1. The minimum Gasteiger partial charge on any atom is -0.379 e. The van der Waals surface area contributed by atoms with Crippen molar-refractivity contribution in [3.63, 3.8) is 0 Å². The Hall–Kier alpha value is -1.99. The number of benzene rings is 1. The van der Waals surface area contributed by atoms with Crippen molar-refractivity contribution in [2.45, 2.75) is 12.8 Å². The van der Waals surface area contributed by atoms with E-state index in [2.05, 4.69) is 4.90 Å². The van der Waals surface area contributed by atoms with Crippen LogP contribution in [0.25, 0.3) is 0 Å². The molecule has 0 unspecified atom stereocenters. The van der Waals surface area contributed by atoms with E-state index in [1.165, 1.54) is 12.1 Å². The van der Waals surface area contributed by atoms with E-state index in [9.17, 15) is 14.0 Å². The molecule has 2 aliphatic heterocycles. The second-order valence-electron chi connectivity index (χ2n) is 6.77. The average molecular weight is 363 g/mol. The van der Waals surface area contributed by atoms with Crippen LogP contribution in [0.15, 0.2) is 24.3 Å². The molecule has 26 heavy (non-hydrogen) atoms. The topological polar surface area (TPSA) is 53.1 Å². The summed E-state index contributed by atoms with van der Waals surface area (Å²) in [5.74, 6) is -0.121. The molecule has 1 aromatic carbocycles. The van der Waals surface area contributed by atoms with Crippen molar-refractivity contribution >= 4 is 11.8 Å². The fourth-order valence-electron chi connectivity index (χ4n) is 3.33. The molecule has 142 valence electrons. The number of ether oxygens (including phenoxy) is 1. The molecule has 0 saturated carbocycles. The van der Waals surface area contributed by atoms with Crippen LogP contribution in [0.4, 0.5) is 4.39 Å². The maximum absolute atomic E-state index is 12.9. The van der Waals surface area contributed by atoms with E-state index in [1.54, 1.807) is 17.0 Å². The van der Waals surface area contributed by atoms with Gasteiger partial charge in [-0.2, -0.15) is 0 Å². The van der Waals surface area contributed by atoms with Crippen molar-refractivity contribution in [1.29, 1.82) is 0 Å². The summed E-state index contributed by atoms with van der Waals surface area (Å²) >= 11 is 0. The highest BCUT2D eigenvalue weighted by Gasteiger charge is 2.24. The molecular formula is C19H26FN3O3. The summed E-state index contributed by atoms with van der Waals surface area (Å²) in [6.07, 6.45) is 0.786. The Morgan fingerprint density at radius 2 is 1.46 bits per heavy atom. The number of hydrogen-bond donors (Lipinski definition) is 0. The number of nitrogens with zero attached hydrogens (tertiary/aromatic N) is 3. The molecule has 0 aliphatic carbocycles. The Morgan fingerprint density at radius 3 is 2.08 bits per heavy atom. The molecule has 2 amide bonds. The number of carbonyl (C=O) groups is 2. The highest BCUT2D eigenvalue weighted by Crippen LogP contribution is 2.09. The van der Waals surface area contributed by atoms with Gasteiger partial charge < -0.3 is 14.5 Å². The number of rotatable bonds is 5. The Labute approximate surface area is 153 Å². The molecule has 3 rings (SSSR count). The van der Waals surface area contributed by atoms with Crippen LogP contribution in [-0.4, -0.2) is 85.5 Å². The van der Waals surface area contributed by atoms with Crippen LogP contribution in [0.3, 0.4) is 0 Å². The summed E-state index contributed by atoms with van der Waals surface area (Å²) in [6, 6.07) is 6.01. The molecule has 1 aromatic rings. The van der Waals surface area contributed by atoms with Gasteiger partial charge in [-0.3, -0.25) is 14.5 Å². The maximum Gasteiger partial charge on any atom is 0.227 e. The van der Waals surface area contributed by atoms with E-state index >= 15 is 0 Å². The molecule has 0 spiro atoms. The van der Waals surface area contributed by atoms with Crippen molar-refractivity contribution in [3.8, 4) is 0 Å². The predicted octanol–water partition coefficient (Wildman–Crippen LogP) is 0.761. The van der Waals surface area contributed by atoms with Crippen molar-refractivity contribution < 1.29 is 18.7 Å². The van der Waals surface area contributed by atoms with Gasteiger partial charge >= 0.3 is 0 Å². The minimum absolute atomic E-state index is 0.0250. The van der Waals surface area contributed by atoms with E-state index in [0.29, 0.717) is 32.6 Å². The van der Waals surface area contributed by atoms with E-state index in [4.69, 9.17) is 4.74 Å². The van der Waals surface area contributed by atoms with Gasteiger partial charge in [-0.25, -0.2) is 4.39 Å². The molecule has 7 heteroatoms. The smallest absolute Gasteiger partial charge is 0.227 e. The fourth-order valence-corrected chi connectivity index (χ4v) is 3.33. The third kappa shape index (κ3) is 5.25. The highest BCUT2D eigenvalue weighted by molar-refractivity contribution is 5.80. The Bertz CT molecular complexity index is 609. The van der Waals surface area contributed by atoms with Gasteiger partial charge in [0.15, 0.2) is 0 Å². The fraction of sp³-hybridized carbons (Fsp3) is 0.579. The number of carbonyl (C=O) groups excluding carboxylic acids is 2. The van der Waals surface area contributed by atoms with Crippen molar-refractivity contribution in [3.05, 3.63) is 35.6 Å². The van der Waals surface area contributed by atoms with Crippen LogP contribution in [0.2, 0.25) is 0 Å². The summed E-state index contributed by atoms with van der Waals surface area (Å²) in [4.78, 5) is 30.6. The van der Waals surface area contributed by atoms with Crippen molar-refractivity contribution in [2.75, 3.05) is 59.0 Å².